The van der Waals surface area contributed by atoms with Gasteiger partial charge in [0.25, 0.3) is 0 Å². The summed E-state index contributed by atoms with van der Waals surface area (Å²) in [7, 11) is 1.38. The van der Waals surface area contributed by atoms with Crippen LogP contribution in [0.3, 0.4) is 0 Å². The van der Waals surface area contributed by atoms with Crippen LogP contribution in [0.15, 0.2) is 66.7 Å². The van der Waals surface area contributed by atoms with E-state index >= 15 is 0 Å². The van der Waals surface area contributed by atoms with Crippen molar-refractivity contribution in [2.75, 3.05) is 7.11 Å². The van der Waals surface area contributed by atoms with Crippen LogP contribution in [0.4, 0.5) is 5.69 Å². The van der Waals surface area contributed by atoms with Gasteiger partial charge in [-0.05, 0) is 48.0 Å². The fourth-order valence-electron chi connectivity index (χ4n) is 2.61. The standard InChI is InChI=1S/C22H16ClNO6/c1-29-22-13-15(8-10-19(22)26)18(25)9-6-14-7-11-21(17(12-14)24(27)28)30-20-5-3-2-4-16(20)23/h2-13,26H,1H3/b9-6+. The maximum atomic E-state index is 12.4. The maximum absolute atomic E-state index is 12.4. The summed E-state index contributed by atoms with van der Waals surface area (Å²) in [5.74, 6) is 0.0583. The van der Waals surface area contributed by atoms with E-state index in [2.05, 4.69) is 0 Å². The number of ether oxygens (including phenoxy) is 2. The predicted octanol–water partition coefficient (Wildman–Crippen LogP) is 5.65. The van der Waals surface area contributed by atoms with Crippen molar-refractivity contribution in [2.45, 2.75) is 0 Å². The molecule has 1 N–H and O–H groups in total. The molecule has 3 aromatic rings. The molecule has 30 heavy (non-hydrogen) atoms. The Morgan fingerprint density at radius 2 is 1.83 bits per heavy atom. The lowest BCUT2D eigenvalue weighted by Crippen LogP contribution is -1.96. The second-order valence-electron chi connectivity index (χ2n) is 6.10. The number of nitrogens with zero attached hydrogens (tertiary/aromatic N) is 1. The van der Waals surface area contributed by atoms with E-state index < -0.39 is 4.92 Å². The summed E-state index contributed by atoms with van der Waals surface area (Å²) >= 11 is 6.04. The van der Waals surface area contributed by atoms with E-state index in [4.69, 9.17) is 21.1 Å². The van der Waals surface area contributed by atoms with Gasteiger partial charge in [-0.25, -0.2) is 0 Å². The number of rotatable bonds is 7. The van der Waals surface area contributed by atoms with Crippen LogP contribution in [0.1, 0.15) is 15.9 Å². The quantitative estimate of drug-likeness (QED) is 0.227. The van der Waals surface area contributed by atoms with Crippen molar-refractivity contribution >= 4 is 29.1 Å². The van der Waals surface area contributed by atoms with Crippen molar-refractivity contribution < 1.29 is 24.3 Å². The predicted molar refractivity (Wildman–Crippen MR) is 113 cm³/mol. The van der Waals surface area contributed by atoms with Crippen molar-refractivity contribution in [2.24, 2.45) is 0 Å². The molecule has 0 aromatic heterocycles. The van der Waals surface area contributed by atoms with Gasteiger partial charge in [-0.3, -0.25) is 14.9 Å². The van der Waals surface area contributed by atoms with Gasteiger partial charge in [0.1, 0.15) is 5.75 Å². The molecule has 0 atom stereocenters. The number of benzene rings is 3. The third kappa shape index (κ3) is 4.76. The van der Waals surface area contributed by atoms with Gasteiger partial charge < -0.3 is 14.6 Å². The first kappa shape index (κ1) is 20.9. The van der Waals surface area contributed by atoms with Crippen LogP contribution in [0, 0.1) is 10.1 Å². The number of carbonyl (C=O) groups is 1. The second-order valence-corrected chi connectivity index (χ2v) is 6.51. The molecule has 0 unspecified atom stereocenters. The number of phenols is 1. The molecule has 0 fully saturated rings. The van der Waals surface area contributed by atoms with Gasteiger partial charge in [-0.2, -0.15) is 0 Å². The van der Waals surface area contributed by atoms with Gasteiger partial charge in [0.05, 0.1) is 17.1 Å². The highest BCUT2D eigenvalue weighted by atomic mass is 35.5. The van der Waals surface area contributed by atoms with Crippen LogP contribution in [0.2, 0.25) is 5.02 Å². The number of hydrogen-bond donors (Lipinski definition) is 1. The third-order valence-electron chi connectivity index (χ3n) is 4.13. The van der Waals surface area contributed by atoms with Gasteiger partial charge in [-0.15, -0.1) is 0 Å². The number of ketones is 1. The summed E-state index contributed by atoms with van der Waals surface area (Å²) in [5.41, 5.74) is 0.470. The molecule has 3 rings (SSSR count). The molecular formula is C22H16ClNO6. The summed E-state index contributed by atoms with van der Waals surface area (Å²) < 4.78 is 10.6. The molecule has 0 bridgehead atoms. The molecule has 0 saturated heterocycles. The summed E-state index contributed by atoms with van der Waals surface area (Å²) in [6, 6.07) is 15.2. The molecule has 0 heterocycles. The number of phenolic OH excluding ortho intramolecular Hbond substituents is 1. The lowest BCUT2D eigenvalue weighted by molar-refractivity contribution is -0.385. The van der Waals surface area contributed by atoms with Crippen molar-refractivity contribution in [3.8, 4) is 23.0 Å². The van der Waals surface area contributed by atoms with E-state index in [0.29, 0.717) is 21.9 Å². The average Bonchev–Trinajstić information content (AvgIpc) is 2.74. The van der Waals surface area contributed by atoms with E-state index in [1.165, 1.54) is 49.6 Å². The topological polar surface area (TPSA) is 98.9 Å². The normalized spacial score (nSPS) is 10.7. The molecule has 3 aromatic carbocycles. The Balaban J connectivity index is 1.85. The monoisotopic (exact) mass is 425 g/mol. The highest BCUT2D eigenvalue weighted by Gasteiger charge is 2.17. The van der Waals surface area contributed by atoms with Gasteiger partial charge >= 0.3 is 5.69 Å². The smallest absolute Gasteiger partial charge is 0.312 e. The lowest BCUT2D eigenvalue weighted by atomic mass is 10.1. The minimum Gasteiger partial charge on any atom is -0.504 e. The Kier molecular flexibility index (Phi) is 6.34. The fraction of sp³-hybridized carbons (Fsp3) is 0.0455. The van der Waals surface area contributed by atoms with Crippen molar-refractivity contribution in [1.29, 1.82) is 0 Å². The van der Waals surface area contributed by atoms with Gasteiger partial charge in [-0.1, -0.05) is 35.9 Å². The van der Waals surface area contributed by atoms with Crippen LogP contribution in [-0.2, 0) is 0 Å². The number of aromatic hydroxyl groups is 1. The molecule has 0 saturated carbocycles. The highest BCUT2D eigenvalue weighted by molar-refractivity contribution is 6.32. The summed E-state index contributed by atoms with van der Waals surface area (Å²) in [6.45, 7) is 0. The van der Waals surface area contributed by atoms with E-state index in [0.717, 1.165) is 0 Å². The average molecular weight is 426 g/mol. The molecule has 0 aliphatic carbocycles. The summed E-state index contributed by atoms with van der Waals surface area (Å²) in [6.07, 6.45) is 2.73. The van der Waals surface area contributed by atoms with Gasteiger partial charge in [0.2, 0.25) is 5.75 Å². The fourth-order valence-corrected chi connectivity index (χ4v) is 2.79. The SMILES string of the molecule is COc1cc(C(=O)/C=C/c2ccc(Oc3ccccc3Cl)c([N+](=O)[O-])c2)ccc1O. The zero-order chi connectivity index (χ0) is 21.7. The summed E-state index contributed by atoms with van der Waals surface area (Å²) in [4.78, 5) is 23.3. The zero-order valence-corrected chi connectivity index (χ0v) is 16.5. The maximum Gasteiger partial charge on any atom is 0.312 e. The molecule has 0 spiro atoms. The Hall–Kier alpha value is -3.84. The first-order chi connectivity index (χ1) is 14.4. The van der Waals surface area contributed by atoms with Crippen LogP contribution < -0.4 is 9.47 Å². The minimum atomic E-state index is -0.573. The van der Waals surface area contributed by atoms with Gasteiger partial charge in [0.15, 0.2) is 17.3 Å². The molecular weight excluding hydrogens is 410 g/mol. The molecule has 0 radical (unpaired) electrons. The van der Waals surface area contributed by atoms with Crippen molar-refractivity contribution in [1.82, 2.24) is 0 Å². The van der Waals surface area contributed by atoms with Gasteiger partial charge in [0, 0.05) is 11.6 Å². The van der Waals surface area contributed by atoms with Crippen molar-refractivity contribution in [3.05, 3.63) is 93.0 Å². The number of para-hydroxylation sites is 1. The van der Waals surface area contributed by atoms with E-state index in [-0.39, 0.29) is 28.7 Å². The summed E-state index contributed by atoms with van der Waals surface area (Å²) in [5, 5.41) is 21.4. The van der Waals surface area contributed by atoms with E-state index in [1.54, 1.807) is 30.3 Å². The number of hydrogen-bond acceptors (Lipinski definition) is 6. The molecule has 7 nitrogen and oxygen atoms in total. The zero-order valence-electron chi connectivity index (χ0n) is 15.7. The number of carbonyl (C=O) groups excluding carboxylic acids is 1. The van der Waals surface area contributed by atoms with Crippen LogP contribution in [0.25, 0.3) is 6.08 Å². The number of nitro benzene ring substituents is 1. The Morgan fingerprint density at radius 1 is 1.07 bits per heavy atom. The molecule has 152 valence electrons. The number of allylic oxidation sites excluding steroid dienone is 1. The molecule has 0 amide bonds. The largest absolute Gasteiger partial charge is 0.504 e. The lowest BCUT2D eigenvalue weighted by Gasteiger charge is -2.08. The van der Waals surface area contributed by atoms with E-state index in [9.17, 15) is 20.0 Å². The Labute approximate surface area is 176 Å². The molecule has 8 heteroatoms. The third-order valence-corrected chi connectivity index (χ3v) is 4.44. The highest BCUT2D eigenvalue weighted by Crippen LogP contribution is 2.35. The number of halogens is 1. The van der Waals surface area contributed by atoms with E-state index in [1.807, 2.05) is 0 Å². The van der Waals surface area contributed by atoms with Crippen molar-refractivity contribution in [3.63, 3.8) is 0 Å². The first-order valence-electron chi connectivity index (χ1n) is 8.69. The molecule has 0 aliphatic rings. The second kappa shape index (κ2) is 9.11. The number of methoxy groups -OCH3 is 1. The Bertz CT molecular complexity index is 1140. The first-order valence-corrected chi connectivity index (χ1v) is 9.07. The van der Waals surface area contributed by atoms with Crippen LogP contribution >= 0.6 is 11.6 Å². The molecule has 0 aliphatic heterocycles. The van der Waals surface area contributed by atoms with Crippen LogP contribution in [-0.4, -0.2) is 22.9 Å². The number of nitro groups is 1. The Morgan fingerprint density at radius 3 is 2.53 bits per heavy atom. The minimum absolute atomic E-state index is 0.0276. The van der Waals surface area contributed by atoms with Crippen LogP contribution in [0.5, 0.6) is 23.0 Å².